The normalized spacial score (nSPS) is 16.9. The molecule has 168 valence electrons. The number of benzene rings is 2. The molecule has 10 nitrogen and oxygen atoms in total. The van der Waals surface area contributed by atoms with Crippen LogP contribution in [0.2, 0.25) is 0 Å². The maximum atomic E-state index is 12.4. The predicted molar refractivity (Wildman–Crippen MR) is 124 cm³/mol. The summed E-state index contributed by atoms with van der Waals surface area (Å²) in [5.41, 5.74) is 0.848. The van der Waals surface area contributed by atoms with Crippen molar-refractivity contribution >= 4 is 54.9 Å². The van der Waals surface area contributed by atoms with Gasteiger partial charge in [-0.1, -0.05) is 12.1 Å². The third-order valence-corrected chi connectivity index (χ3v) is 7.06. The number of hydrogen-bond acceptors (Lipinski definition) is 9. The molecule has 2 aromatic carbocycles. The molecule has 0 aromatic heterocycles. The van der Waals surface area contributed by atoms with Gasteiger partial charge in [0.05, 0.1) is 18.2 Å². The van der Waals surface area contributed by atoms with Crippen molar-refractivity contribution in [2.45, 2.75) is 0 Å². The molecule has 0 fully saturated rings. The maximum absolute atomic E-state index is 12.4. The highest BCUT2D eigenvalue weighted by Gasteiger charge is 2.38. The van der Waals surface area contributed by atoms with Crippen LogP contribution in [0.25, 0.3) is 6.08 Å². The van der Waals surface area contributed by atoms with Crippen LogP contribution in [0.1, 0.15) is 15.9 Å². The van der Waals surface area contributed by atoms with Gasteiger partial charge in [-0.05, 0) is 59.8 Å². The number of carbonyl (C=O) groups excluding carboxylic acids is 2. The van der Waals surface area contributed by atoms with Gasteiger partial charge in [0.15, 0.2) is 5.84 Å². The highest BCUT2D eigenvalue weighted by molar-refractivity contribution is 8.42. The Kier molecular flexibility index (Phi) is 5.87. The van der Waals surface area contributed by atoms with Crippen LogP contribution >= 0.6 is 11.8 Å². The third-order valence-electron chi connectivity index (χ3n) is 4.48. The molecule has 2 aliphatic rings. The summed E-state index contributed by atoms with van der Waals surface area (Å²) >= 11 is 0.719. The van der Waals surface area contributed by atoms with E-state index in [9.17, 15) is 18.0 Å². The topological polar surface area (TPSA) is 139 Å². The first-order chi connectivity index (χ1) is 15.7. The molecule has 12 heteroatoms. The summed E-state index contributed by atoms with van der Waals surface area (Å²) < 4.78 is 33.6. The van der Waals surface area contributed by atoms with E-state index in [2.05, 4.69) is 10.1 Å². The first-order valence-electron chi connectivity index (χ1n) is 9.32. The average molecular weight is 485 g/mol. The number of hydrogen-bond donors (Lipinski definition) is 1. The Morgan fingerprint density at radius 3 is 2.33 bits per heavy atom. The van der Waals surface area contributed by atoms with Gasteiger partial charge in [-0.15, -0.1) is 5.10 Å². The van der Waals surface area contributed by atoms with E-state index in [-0.39, 0.29) is 21.0 Å². The number of rotatable bonds is 4. The van der Waals surface area contributed by atoms with Gasteiger partial charge in [-0.3, -0.25) is 10.2 Å². The lowest BCUT2D eigenvalue weighted by molar-refractivity contribution is -0.114. The van der Waals surface area contributed by atoms with Crippen LogP contribution in [-0.4, -0.2) is 54.0 Å². The second kappa shape index (κ2) is 8.64. The summed E-state index contributed by atoms with van der Waals surface area (Å²) in [7, 11) is -2.07. The Morgan fingerprint density at radius 2 is 1.73 bits per heavy atom. The van der Waals surface area contributed by atoms with Gasteiger partial charge in [0.2, 0.25) is 19.4 Å². The molecule has 2 heterocycles. The molecule has 33 heavy (non-hydrogen) atoms. The molecule has 0 unspecified atom stereocenters. The summed E-state index contributed by atoms with van der Waals surface area (Å²) in [6, 6.07) is 12.8. The van der Waals surface area contributed by atoms with Crippen molar-refractivity contribution in [3.8, 4) is 11.5 Å². The second-order valence-corrected chi connectivity index (χ2v) is 9.99. The van der Waals surface area contributed by atoms with Crippen LogP contribution in [0.15, 0.2) is 64.2 Å². The van der Waals surface area contributed by atoms with E-state index in [0.717, 1.165) is 23.0 Å². The number of amidine groups is 2. The molecule has 1 amide bonds. The lowest BCUT2D eigenvalue weighted by atomic mass is 10.1. The molecule has 2 aromatic rings. The number of hydrazone groups is 1. The molecule has 2 aliphatic heterocycles. The first kappa shape index (κ1) is 22.4. The number of nitrogens with zero attached hydrogens (tertiary/aromatic N) is 3. The van der Waals surface area contributed by atoms with Gasteiger partial charge in [-0.25, -0.2) is 13.2 Å². The van der Waals surface area contributed by atoms with Crippen molar-refractivity contribution in [3.63, 3.8) is 0 Å². The highest BCUT2D eigenvalue weighted by Crippen LogP contribution is 2.30. The smallest absolute Gasteiger partial charge is 0.343 e. The number of fused-ring (bicyclic) bond motifs is 1. The number of thioether (sulfide) groups is 1. The minimum absolute atomic E-state index is 0.0170. The lowest BCUT2D eigenvalue weighted by Gasteiger charge is -2.20. The Morgan fingerprint density at radius 1 is 1.09 bits per heavy atom. The Balaban J connectivity index is 1.50. The second-order valence-electron chi connectivity index (χ2n) is 6.85. The van der Waals surface area contributed by atoms with Crippen LogP contribution in [-0.2, 0) is 14.6 Å². The molecule has 0 aliphatic carbocycles. The molecule has 0 saturated heterocycles. The Hall–Kier alpha value is -3.77. The van der Waals surface area contributed by atoms with Gasteiger partial charge in [0, 0.05) is 6.26 Å². The summed E-state index contributed by atoms with van der Waals surface area (Å²) in [4.78, 5) is 28.5. The summed E-state index contributed by atoms with van der Waals surface area (Å²) in [6.07, 6.45) is 2.42. The number of nitrogens with one attached hydrogen (secondary N) is 1. The molecule has 4 rings (SSSR count). The zero-order valence-corrected chi connectivity index (χ0v) is 18.9. The fraction of sp³-hybridized carbons (Fsp3) is 0.0952. The maximum Gasteiger partial charge on any atom is 0.343 e. The summed E-state index contributed by atoms with van der Waals surface area (Å²) in [5, 5.41) is 13.2. The Labute approximate surface area is 193 Å². The van der Waals surface area contributed by atoms with Crippen molar-refractivity contribution in [1.82, 2.24) is 5.01 Å². The molecule has 0 spiro atoms. The van der Waals surface area contributed by atoms with E-state index in [0.29, 0.717) is 22.6 Å². The number of methoxy groups -OCH3 is 1. The highest BCUT2D eigenvalue weighted by atomic mass is 32.3. The number of amides is 1. The van der Waals surface area contributed by atoms with E-state index in [1.807, 2.05) is 0 Å². The van der Waals surface area contributed by atoms with Crippen LogP contribution in [0.3, 0.4) is 0 Å². The molecular formula is C21H16N4O6S2. The van der Waals surface area contributed by atoms with E-state index in [1.165, 1.54) is 13.2 Å². The van der Waals surface area contributed by atoms with Crippen LogP contribution in [0, 0.1) is 5.41 Å². The van der Waals surface area contributed by atoms with Gasteiger partial charge in [0.1, 0.15) is 11.5 Å². The van der Waals surface area contributed by atoms with Crippen molar-refractivity contribution in [2.24, 2.45) is 10.1 Å². The molecule has 1 N–H and O–H groups in total. The number of aliphatic imine (C=N–C) groups is 1. The third kappa shape index (κ3) is 4.71. The largest absolute Gasteiger partial charge is 0.497 e. The van der Waals surface area contributed by atoms with E-state index in [4.69, 9.17) is 14.9 Å². The van der Waals surface area contributed by atoms with Gasteiger partial charge >= 0.3 is 5.97 Å². The van der Waals surface area contributed by atoms with Crippen molar-refractivity contribution in [1.29, 1.82) is 5.41 Å². The van der Waals surface area contributed by atoms with Crippen molar-refractivity contribution in [2.75, 3.05) is 13.4 Å². The standard InChI is InChI=1S/C21H16N4O6S2/c1-30-14-9-5-13(6-10-14)19(27)31-15-7-3-12(4-8-15)11-16-17(22)25-20(23-18(16)26)32-21(24-25)33(2,28)29/h3-11,22H,1-2H3/b16-11-,22-17?. The quantitative estimate of drug-likeness (QED) is 0.397. The van der Waals surface area contributed by atoms with E-state index >= 15 is 0 Å². The average Bonchev–Trinajstić information content (AvgIpc) is 3.22. The summed E-state index contributed by atoms with van der Waals surface area (Å²) in [6.45, 7) is 0. The van der Waals surface area contributed by atoms with Gasteiger partial charge in [0.25, 0.3) is 5.91 Å². The first-order valence-corrected chi connectivity index (χ1v) is 12.0. The molecule has 0 radical (unpaired) electrons. The van der Waals surface area contributed by atoms with Crippen molar-refractivity contribution in [3.05, 3.63) is 65.2 Å². The predicted octanol–water partition coefficient (Wildman–Crippen LogP) is 2.54. The van der Waals surface area contributed by atoms with Crippen LogP contribution in [0.5, 0.6) is 11.5 Å². The van der Waals surface area contributed by atoms with E-state index in [1.54, 1.807) is 48.5 Å². The zero-order chi connectivity index (χ0) is 23.8. The lowest BCUT2D eigenvalue weighted by Crippen LogP contribution is -2.35. The van der Waals surface area contributed by atoms with Gasteiger partial charge < -0.3 is 9.47 Å². The minimum Gasteiger partial charge on any atom is -0.497 e. The number of sulfone groups is 1. The Bertz CT molecular complexity index is 1360. The monoisotopic (exact) mass is 484 g/mol. The minimum atomic E-state index is -3.60. The zero-order valence-electron chi connectivity index (χ0n) is 17.3. The van der Waals surface area contributed by atoms with Crippen LogP contribution in [0.4, 0.5) is 0 Å². The fourth-order valence-electron chi connectivity index (χ4n) is 2.82. The molecular weight excluding hydrogens is 468 g/mol. The fourth-order valence-corrected chi connectivity index (χ4v) is 4.50. The number of carbonyl (C=O) groups is 2. The summed E-state index contributed by atoms with van der Waals surface area (Å²) in [5.74, 6) is -0.596. The molecule has 0 bridgehead atoms. The SMILES string of the molecule is COc1ccc(C(=O)Oc2ccc(/C=C3/C(=N)N4N=C(S(C)(=O)=O)SC4=NC3=O)cc2)cc1. The number of esters is 1. The van der Waals surface area contributed by atoms with E-state index < -0.39 is 21.7 Å². The van der Waals surface area contributed by atoms with Crippen LogP contribution < -0.4 is 9.47 Å². The molecule has 0 saturated carbocycles. The van der Waals surface area contributed by atoms with Crippen molar-refractivity contribution < 1.29 is 27.5 Å². The molecule has 0 atom stereocenters. The van der Waals surface area contributed by atoms with Gasteiger partial charge in [-0.2, -0.15) is 10.0 Å². The number of ether oxygens (including phenoxy) is 2.